The zero-order chi connectivity index (χ0) is 28.2. The molecule has 0 aliphatic carbocycles. The van der Waals surface area contributed by atoms with E-state index in [0.29, 0.717) is 0 Å². The van der Waals surface area contributed by atoms with Crippen LogP contribution in [0.25, 0.3) is 0 Å². The molecule has 0 aliphatic heterocycles. The molecule has 0 amide bonds. The van der Waals surface area contributed by atoms with Crippen molar-refractivity contribution in [2.75, 3.05) is 6.61 Å². The van der Waals surface area contributed by atoms with Crippen LogP contribution < -0.4 is 10.4 Å². The molecule has 1 atom stereocenters. The summed E-state index contributed by atoms with van der Waals surface area (Å²) in [5.41, 5.74) is 0. The number of rotatable bonds is 16. The summed E-state index contributed by atoms with van der Waals surface area (Å²) in [6.07, 6.45) is 14.3. The van der Waals surface area contributed by atoms with E-state index >= 15 is 0 Å². The number of benzene rings is 2. The fraction of sp³-hybridized carbons (Fsp3) is 0.556. The molecule has 0 saturated carbocycles. The summed E-state index contributed by atoms with van der Waals surface area (Å²) in [6.45, 7) is 9.55. The summed E-state index contributed by atoms with van der Waals surface area (Å²) in [6, 6.07) is 21.8. The monoisotopic (exact) mass is 544 g/mol. The molecule has 0 saturated heterocycles. The van der Waals surface area contributed by atoms with Gasteiger partial charge < -0.3 is 9.53 Å². The number of hydrogen-bond donors (Lipinski definition) is 1. The van der Waals surface area contributed by atoms with Crippen molar-refractivity contribution in [1.29, 1.82) is 0 Å². The fourth-order valence-corrected chi connectivity index (χ4v) is 9.90. The molecule has 0 heterocycles. The fourth-order valence-electron chi connectivity index (χ4n) is 5.17. The molecule has 0 unspecified atom stereocenters. The first-order valence-corrected chi connectivity index (χ1v) is 17.1. The molecule has 0 fully saturated rings. The minimum atomic E-state index is -2.48. The lowest BCUT2D eigenvalue weighted by molar-refractivity contribution is 0.194. The van der Waals surface area contributed by atoms with Crippen LogP contribution in [0.3, 0.4) is 0 Å². The van der Waals surface area contributed by atoms with Gasteiger partial charge in [-0.2, -0.15) is 0 Å². The van der Waals surface area contributed by atoms with Gasteiger partial charge in [-0.25, -0.2) is 0 Å². The summed E-state index contributed by atoms with van der Waals surface area (Å²) >= 11 is 0. The van der Waals surface area contributed by atoms with Gasteiger partial charge in [0, 0.05) is 38.4 Å². The molecule has 0 aromatic heterocycles. The molecule has 212 valence electrons. The minimum absolute atomic E-state index is 0.0117. The van der Waals surface area contributed by atoms with Crippen LogP contribution in [0.15, 0.2) is 60.7 Å². The van der Waals surface area contributed by atoms with Gasteiger partial charge in [-0.15, -0.1) is 23.7 Å². The second-order valence-corrected chi connectivity index (χ2v) is 15.9. The highest BCUT2D eigenvalue weighted by molar-refractivity contribution is 6.99. The summed E-state index contributed by atoms with van der Waals surface area (Å²) in [7, 11) is -2.48. The smallest absolute Gasteiger partial charge is 0.261 e. The Balaban J connectivity index is 1.73. The molecule has 2 rings (SSSR count). The third-order valence-corrected chi connectivity index (χ3v) is 12.4. The predicted octanol–water partition coefficient (Wildman–Crippen LogP) is 8.02. The van der Waals surface area contributed by atoms with Gasteiger partial charge in [0.15, 0.2) is 0 Å². The van der Waals surface area contributed by atoms with E-state index in [9.17, 15) is 0 Å². The topological polar surface area (TPSA) is 29.5 Å². The van der Waals surface area contributed by atoms with E-state index in [-0.39, 0.29) is 17.7 Å². The average Bonchev–Trinajstić information content (AvgIpc) is 2.93. The Morgan fingerprint density at radius 1 is 0.641 bits per heavy atom. The molecule has 0 radical (unpaired) electrons. The van der Waals surface area contributed by atoms with Crippen molar-refractivity contribution >= 4 is 18.7 Å². The van der Waals surface area contributed by atoms with Gasteiger partial charge in [-0.3, -0.25) is 0 Å². The van der Waals surface area contributed by atoms with Gasteiger partial charge in [-0.1, -0.05) is 101 Å². The van der Waals surface area contributed by atoms with Crippen molar-refractivity contribution in [2.45, 2.75) is 122 Å². The standard InChI is InChI=1S/C36H52O2Si/c1-33(27-21-17-15-13-11-9-7-5-6-8-10-12-14-16-18-26-32-37)38-39(36(2,3)4,34-28-22-19-23-29-34)35-30-24-20-25-31-35/h19-20,22-25,28-31,33,37H,5-11,16-18,21,26-27,32H2,1-4H3/t33-/m0/s1. The van der Waals surface area contributed by atoms with Crippen LogP contribution in [-0.2, 0) is 4.43 Å². The van der Waals surface area contributed by atoms with Gasteiger partial charge in [0.05, 0.1) is 0 Å². The van der Waals surface area contributed by atoms with Crippen molar-refractivity contribution < 1.29 is 9.53 Å². The van der Waals surface area contributed by atoms with E-state index < -0.39 is 8.32 Å². The Labute approximate surface area is 241 Å². The number of aliphatic hydroxyl groups is 1. The molecule has 0 spiro atoms. The lowest BCUT2D eigenvalue weighted by Gasteiger charge is -2.44. The minimum Gasteiger partial charge on any atom is -0.405 e. The zero-order valence-electron chi connectivity index (χ0n) is 25.1. The van der Waals surface area contributed by atoms with Crippen molar-refractivity contribution in [3.63, 3.8) is 0 Å². The molecular formula is C36H52O2Si. The van der Waals surface area contributed by atoms with E-state index in [2.05, 4.69) is 112 Å². The first kappa shape index (κ1) is 32.9. The number of hydrogen-bond acceptors (Lipinski definition) is 2. The SMILES string of the molecule is C[C@@H](CCCC#CCCCCCCCC#CCCCCO)O[Si](c1ccccc1)(c1ccccc1)C(C)(C)C. The van der Waals surface area contributed by atoms with E-state index in [0.717, 1.165) is 51.4 Å². The Hall–Kier alpha value is -2.30. The average molecular weight is 545 g/mol. The van der Waals surface area contributed by atoms with E-state index in [1.807, 2.05) is 0 Å². The molecule has 2 aromatic carbocycles. The molecule has 2 aromatic rings. The van der Waals surface area contributed by atoms with Gasteiger partial charge >= 0.3 is 0 Å². The lowest BCUT2D eigenvalue weighted by Crippen LogP contribution is -2.67. The molecule has 0 bridgehead atoms. The van der Waals surface area contributed by atoms with Crippen LogP contribution >= 0.6 is 0 Å². The third kappa shape index (κ3) is 11.8. The maximum atomic E-state index is 8.76. The van der Waals surface area contributed by atoms with Crippen LogP contribution in [0.1, 0.15) is 111 Å². The van der Waals surface area contributed by atoms with Crippen LogP contribution in [0.2, 0.25) is 5.04 Å². The summed E-state index contributed by atoms with van der Waals surface area (Å²) in [4.78, 5) is 0. The molecule has 1 N–H and O–H groups in total. The second kappa shape index (κ2) is 18.9. The molecular weight excluding hydrogens is 492 g/mol. The van der Waals surface area contributed by atoms with E-state index in [1.165, 1.54) is 42.5 Å². The second-order valence-electron chi connectivity index (χ2n) is 11.6. The normalized spacial score (nSPS) is 12.2. The van der Waals surface area contributed by atoms with E-state index in [4.69, 9.17) is 9.53 Å². The van der Waals surface area contributed by atoms with Crippen LogP contribution in [0, 0.1) is 23.7 Å². The van der Waals surface area contributed by atoms with Crippen LogP contribution in [-0.4, -0.2) is 26.1 Å². The van der Waals surface area contributed by atoms with Crippen molar-refractivity contribution in [1.82, 2.24) is 0 Å². The zero-order valence-corrected chi connectivity index (χ0v) is 26.1. The third-order valence-electron chi connectivity index (χ3n) is 7.27. The largest absolute Gasteiger partial charge is 0.405 e. The predicted molar refractivity (Wildman–Crippen MR) is 171 cm³/mol. The van der Waals surface area contributed by atoms with Gasteiger partial charge in [0.1, 0.15) is 0 Å². The maximum absolute atomic E-state index is 8.76. The number of unbranched alkanes of at least 4 members (excludes halogenated alkanes) is 9. The van der Waals surface area contributed by atoms with Crippen LogP contribution in [0.4, 0.5) is 0 Å². The van der Waals surface area contributed by atoms with E-state index in [1.54, 1.807) is 0 Å². The molecule has 0 aliphatic rings. The summed E-state index contributed by atoms with van der Waals surface area (Å²) in [5.74, 6) is 13.3. The highest BCUT2D eigenvalue weighted by Gasteiger charge is 2.50. The first-order chi connectivity index (χ1) is 18.9. The van der Waals surface area contributed by atoms with Gasteiger partial charge in [0.25, 0.3) is 8.32 Å². The Kier molecular flexibility index (Phi) is 15.9. The Bertz CT molecular complexity index is 979. The van der Waals surface area contributed by atoms with Crippen molar-refractivity contribution in [3.05, 3.63) is 60.7 Å². The molecule has 39 heavy (non-hydrogen) atoms. The maximum Gasteiger partial charge on any atom is 0.261 e. The van der Waals surface area contributed by atoms with Crippen molar-refractivity contribution in [2.24, 2.45) is 0 Å². The highest BCUT2D eigenvalue weighted by atomic mass is 28.4. The lowest BCUT2D eigenvalue weighted by atomic mass is 10.1. The van der Waals surface area contributed by atoms with Gasteiger partial charge in [-0.05, 0) is 60.9 Å². The highest BCUT2D eigenvalue weighted by Crippen LogP contribution is 2.37. The first-order valence-electron chi connectivity index (χ1n) is 15.2. The Morgan fingerprint density at radius 2 is 1.05 bits per heavy atom. The summed E-state index contributed by atoms with van der Waals surface area (Å²) in [5, 5.41) is 11.5. The van der Waals surface area contributed by atoms with Crippen molar-refractivity contribution in [3.8, 4) is 23.7 Å². The summed E-state index contributed by atoms with van der Waals surface area (Å²) < 4.78 is 7.18. The van der Waals surface area contributed by atoms with Gasteiger partial charge in [0.2, 0.25) is 0 Å². The van der Waals surface area contributed by atoms with Crippen LogP contribution in [0.5, 0.6) is 0 Å². The molecule has 3 heteroatoms. The number of aliphatic hydroxyl groups excluding tert-OH is 1. The molecule has 2 nitrogen and oxygen atoms in total. The Morgan fingerprint density at radius 3 is 1.49 bits per heavy atom. The quantitative estimate of drug-likeness (QED) is 0.132.